The Morgan fingerprint density at radius 2 is 1.00 bits per heavy atom. The molecule has 0 aliphatic rings. The summed E-state index contributed by atoms with van der Waals surface area (Å²) in [5.74, 6) is -0.465. The Kier molecular flexibility index (Phi) is 10.3. The van der Waals surface area contributed by atoms with Crippen LogP contribution in [0, 0.1) is 11.6 Å². The number of halogens is 2. The minimum atomic E-state index is -0.290. The van der Waals surface area contributed by atoms with Gasteiger partial charge in [-0.25, -0.2) is 8.78 Å². The van der Waals surface area contributed by atoms with Crippen molar-refractivity contribution in [2.75, 3.05) is 49.2 Å². The van der Waals surface area contributed by atoms with E-state index in [9.17, 15) is 8.78 Å². The summed E-state index contributed by atoms with van der Waals surface area (Å²) in [6, 6.07) is 12.6. The number of anilines is 2. The molecule has 0 aliphatic carbocycles. The highest BCUT2D eigenvalue weighted by atomic mass is 19.1. The fourth-order valence-corrected chi connectivity index (χ4v) is 2.50. The van der Waals surface area contributed by atoms with Gasteiger partial charge in [-0.05, 0) is 62.4 Å². The Morgan fingerprint density at radius 1 is 0.654 bits per heavy atom. The maximum Gasteiger partial charge on any atom is 0.123 e. The van der Waals surface area contributed by atoms with Crippen molar-refractivity contribution in [3.8, 4) is 0 Å². The first kappa shape index (κ1) is 21.9. The fourth-order valence-electron chi connectivity index (χ4n) is 2.50. The van der Waals surface area contributed by atoms with Crippen LogP contribution < -0.4 is 9.80 Å². The summed E-state index contributed by atoms with van der Waals surface area (Å²) in [4.78, 5) is 3.97. The van der Waals surface area contributed by atoms with Gasteiger partial charge in [0, 0.05) is 37.6 Å². The third-order valence-electron chi connectivity index (χ3n) is 3.89. The van der Waals surface area contributed by atoms with Gasteiger partial charge in [0.05, 0.1) is 13.2 Å². The van der Waals surface area contributed by atoms with E-state index >= 15 is 0 Å². The van der Waals surface area contributed by atoms with Crippen molar-refractivity contribution >= 4 is 11.4 Å². The molecule has 0 saturated heterocycles. The molecule has 6 heteroatoms. The number of aliphatic hydroxyl groups excluding tert-OH is 2. The summed E-state index contributed by atoms with van der Waals surface area (Å²) in [6.45, 7) is 7.00. The lowest BCUT2D eigenvalue weighted by Crippen LogP contribution is -2.29. The number of benzene rings is 2. The van der Waals surface area contributed by atoms with Gasteiger partial charge in [0.25, 0.3) is 0 Å². The van der Waals surface area contributed by atoms with E-state index < -0.39 is 0 Å². The van der Waals surface area contributed by atoms with Crippen molar-refractivity contribution in [2.45, 2.75) is 13.8 Å². The second-order valence-electron chi connectivity index (χ2n) is 5.56. The van der Waals surface area contributed by atoms with Crippen molar-refractivity contribution in [3.63, 3.8) is 0 Å². The van der Waals surface area contributed by atoms with Crippen LogP contribution in [0.2, 0.25) is 0 Å². The molecule has 0 aromatic heterocycles. The van der Waals surface area contributed by atoms with Gasteiger partial charge < -0.3 is 20.0 Å². The summed E-state index contributed by atoms with van der Waals surface area (Å²) in [6.07, 6.45) is 0. The van der Waals surface area contributed by atoms with Gasteiger partial charge in [-0.1, -0.05) is 0 Å². The first-order chi connectivity index (χ1) is 12.5. The molecule has 0 amide bonds. The highest BCUT2D eigenvalue weighted by molar-refractivity contribution is 5.46. The zero-order valence-electron chi connectivity index (χ0n) is 15.4. The van der Waals surface area contributed by atoms with Crippen molar-refractivity contribution in [1.82, 2.24) is 0 Å². The number of hydrogen-bond acceptors (Lipinski definition) is 4. The third-order valence-corrected chi connectivity index (χ3v) is 3.89. The van der Waals surface area contributed by atoms with Crippen LogP contribution in [-0.2, 0) is 0 Å². The first-order valence-electron chi connectivity index (χ1n) is 8.78. The van der Waals surface area contributed by atoms with Crippen LogP contribution in [0.3, 0.4) is 0 Å². The fraction of sp³-hybridized carbons (Fsp3) is 0.400. The lowest BCUT2D eigenvalue weighted by Gasteiger charge is -2.22. The highest BCUT2D eigenvalue weighted by Crippen LogP contribution is 2.14. The lowest BCUT2D eigenvalue weighted by molar-refractivity contribution is 0.281. The van der Waals surface area contributed by atoms with Crippen LogP contribution in [0.1, 0.15) is 13.8 Å². The lowest BCUT2D eigenvalue weighted by atomic mass is 10.3. The Hall–Kier alpha value is -2.18. The molecule has 4 nitrogen and oxygen atoms in total. The SMILES string of the molecule is CCN(CC)c1ccc(F)cc1.OCCN(CCO)c1ccc(F)cc1. The minimum Gasteiger partial charge on any atom is -0.395 e. The van der Waals surface area contributed by atoms with E-state index in [1.165, 1.54) is 24.3 Å². The van der Waals surface area contributed by atoms with Crippen LogP contribution in [0.25, 0.3) is 0 Å². The molecule has 2 aromatic rings. The smallest absolute Gasteiger partial charge is 0.123 e. The molecule has 0 bridgehead atoms. The molecule has 144 valence electrons. The molecule has 0 atom stereocenters. The summed E-state index contributed by atoms with van der Waals surface area (Å²) in [7, 11) is 0. The second-order valence-corrected chi connectivity index (χ2v) is 5.56. The van der Waals surface area contributed by atoms with Crippen molar-refractivity contribution in [1.29, 1.82) is 0 Å². The van der Waals surface area contributed by atoms with Crippen molar-refractivity contribution in [2.24, 2.45) is 0 Å². The van der Waals surface area contributed by atoms with E-state index in [-0.39, 0.29) is 24.8 Å². The predicted molar refractivity (Wildman–Crippen MR) is 103 cm³/mol. The summed E-state index contributed by atoms with van der Waals surface area (Å²) in [5, 5.41) is 17.6. The first-order valence-corrected chi connectivity index (χ1v) is 8.78. The van der Waals surface area contributed by atoms with Crippen molar-refractivity contribution < 1.29 is 19.0 Å². The van der Waals surface area contributed by atoms with Crippen LogP contribution in [0.15, 0.2) is 48.5 Å². The standard InChI is InChI=1S/C10H14FNO2.C10H14FN/c11-9-1-3-10(4-2-9)12(5-7-13)6-8-14;1-3-12(4-2)10-7-5-9(11)6-8-10/h1-4,13-14H,5-8H2;5-8H,3-4H2,1-2H3. The van der Waals surface area contributed by atoms with Crippen LogP contribution in [0.5, 0.6) is 0 Å². The van der Waals surface area contributed by atoms with Gasteiger partial charge in [0.2, 0.25) is 0 Å². The number of nitrogens with zero attached hydrogens (tertiary/aromatic N) is 2. The molecule has 0 saturated carbocycles. The summed E-state index contributed by atoms with van der Waals surface area (Å²) >= 11 is 0. The van der Waals surface area contributed by atoms with Gasteiger partial charge in [-0.3, -0.25) is 0 Å². The topological polar surface area (TPSA) is 46.9 Å². The molecule has 0 unspecified atom stereocenters. The predicted octanol–water partition coefficient (Wildman–Crippen LogP) is 3.29. The van der Waals surface area contributed by atoms with E-state index in [2.05, 4.69) is 18.7 Å². The number of aliphatic hydroxyl groups is 2. The van der Waals surface area contributed by atoms with Gasteiger partial charge in [-0.15, -0.1) is 0 Å². The number of hydrogen-bond donors (Lipinski definition) is 2. The molecule has 26 heavy (non-hydrogen) atoms. The molecular formula is C20H28F2N2O2. The zero-order chi connectivity index (χ0) is 19.4. The molecular weight excluding hydrogens is 338 g/mol. The van der Waals surface area contributed by atoms with E-state index in [1.54, 1.807) is 17.0 Å². The molecule has 0 spiro atoms. The minimum absolute atomic E-state index is 0.0113. The van der Waals surface area contributed by atoms with Gasteiger partial charge in [0.15, 0.2) is 0 Å². The zero-order valence-corrected chi connectivity index (χ0v) is 15.4. The largest absolute Gasteiger partial charge is 0.395 e. The van der Waals surface area contributed by atoms with Crippen LogP contribution in [-0.4, -0.2) is 49.6 Å². The molecule has 2 aromatic carbocycles. The average Bonchev–Trinajstić information content (AvgIpc) is 2.65. The van der Waals surface area contributed by atoms with Crippen LogP contribution >= 0.6 is 0 Å². The van der Waals surface area contributed by atoms with E-state index in [1.807, 2.05) is 12.1 Å². The third kappa shape index (κ3) is 7.37. The normalized spacial score (nSPS) is 10.1. The molecule has 0 fully saturated rings. The Balaban J connectivity index is 0.000000263. The highest BCUT2D eigenvalue weighted by Gasteiger charge is 2.04. The van der Waals surface area contributed by atoms with Crippen LogP contribution in [0.4, 0.5) is 20.2 Å². The molecule has 2 rings (SSSR count). The summed E-state index contributed by atoms with van der Waals surface area (Å²) in [5.41, 5.74) is 1.89. The summed E-state index contributed by atoms with van der Waals surface area (Å²) < 4.78 is 25.1. The Bertz CT molecular complexity index is 596. The van der Waals surface area contributed by atoms with E-state index in [4.69, 9.17) is 10.2 Å². The number of rotatable bonds is 8. The van der Waals surface area contributed by atoms with E-state index in [0.29, 0.717) is 13.1 Å². The quantitative estimate of drug-likeness (QED) is 0.753. The van der Waals surface area contributed by atoms with Gasteiger partial charge in [0.1, 0.15) is 11.6 Å². The van der Waals surface area contributed by atoms with Gasteiger partial charge >= 0.3 is 0 Å². The Morgan fingerprint density at radius 3 is 1.31 bits per heavy atom. The average molecular weight is 366 g/mol. The molecule has 0 radical (unpaired) electrons. The molecule has 2 N–H and O–H groups in total. The van der Waals surface area contributed by atoms with Crippen molar-refractivity contribution in [3.05, 3.63) is 60.2 Å². The molecule has 0 heterocycles. The Labute approximate surface area is 154 Å². The second kappa shape index (κ2) is 12.2. The van der Waals surface area contributed by atoms with E-state index in [0.717, 1.165) is 24.5 Å². The maximum absolute atomic E-state index is 12.6. The monoisotopic (exact) mass is 366 g/mol. The molecule has 0 aliphatic heterocycles. The maximum atomic E-state index is 12.6. The van der Waals surface area contributed by atoms with Gasteiger partial charge in [-0.2, -0.15) is 0 Å².